The highest BCUT2D eigenvalue weighted by Crippen LogP contribution is 2.29. The van der Waals surface area contributed by atoms with E-state index in [0.29, 0.717) is 25.6 Å². The van der Waals surface area contributed by atoms with Crippen LogP contribution in [0.2, 0.25) is 0 Å². The number of nitrogens with one attached hydrogen (secondary N) is 1. The number of rotatable bonds is 3. The third kappa shape index (κ3) is 3.45. The number of hydrogen-bond acceptors (Lipinski definition) is 4. The minimum Gasteiger partial charge on any atom is -0.376 e. The van der Waals surface area contributed by atoms with Crippen molar-refractivity contribution in [3.05, 3.63) is 58.9 Å². The average molecular weight is 405 g/mol. The van der Waals surface area contributed by atoms with E-state index in [0.717, 1.165) is 54.1 Å². The number of pyridine rings is 1. The highest BCUT2D eigenvalue weighted by molar-refractivity contribution is 5.98. The van der Waals surface area contributed by atoms with Crippen LogP contribution in [0.3, 0.4) is 0 Å². The molecule has 0 saturated carbocycles. The molecule has 4 heterocycles. The highest BCUT2D eigenvalue weighted by atomic mass is 16.5. The summed E-state index contributed by atoms with van der Waals surface area (Å²) in [4.78, 5) is 25.5. The molecule has 3 aromatic rings. The Balaban J connectivity index is 1.32. The van der Waals surface area contributed by atoms with Gasteiger partial charge in [-0.15, -0.1) is 0 Å². The molecule has 0 atom stereocenters. The first kappa shape index (κ1) is 19.1. The predicted octanol–water partition coefficient (Wildman–Crippen LogP) is 3.72. The fourth-order valence-corrected chi connectivity index (χ4v) is 4.52. The lowest BCUT2D eigenvalue weighted by Crippen LogP contribution is -2.49. The van der Waals surface area contributed by atoms with Crippen molar-refractivity contribution in [2.75, 3.05) is 37.7 Å². The molecule has 2 aliphatic heterocycles. The Morgan fingerprint density at radius 2 is 1.97 bits per heavy atom. The zero-order valence-corrected chi connectivity index (χ0v) is 17.6. The van der Waals surface area contributed by atoms with Crippen LogP contribution < -0.4 is 4.90 Å². The van der Waals surface area contributed by atoms with Crippen molar-refractivity contribution in [1.29, 1.82) is 0 Å². The smallest absolute Gasteiger partial charge is 0.253 e. The number of carbonyl (C=O) groups excluding carboxylic acids is 1. The van der Waals surface area contributed by atoms with E-state index in [1.165, 1.54) is 11.1 Å². The first-order valence-corrected chi connectivity index (χ1v) is 10.8. The van der Waals surface area contributed by atoms with E-state index >= 15 is 0 Å². The van der Waals surface area contributed by atoms with Crippen molar-refractivity contribution >= 4 is 22.6 Å². The number of benzene rings is 1. The lowest BCUT2D eigenvalue weighted by Gasteiger charge is -2.36. The lowest BCUT2D eigenvalue weighted by atomic mass is 9.96. The van der Waals surface area contributed by atoms with Gasteiger partial charge in [0.1, 0.15) is 5.82 Å². The molecule has 2 aromatic heterocycles. The van der Waals surface area contributed by atoms with Crippen LogP contribution in [-0.4, -0.2) is 53.6 Å². The molecule has 0 spiro atoms. The summed E-state index contributed by atoms with van der Waals surface area (Å²) < 4.78 is 5.68. The molecule has 1 aromatic carbocycles. The topological polar surface area (TPSA) is 61.5 Å². The van der Waals surface area contributed by atoms with Gasteiger partial charge in [-0.3, -0.25) is 4.79 Å². The Morgan fingerprint density at radius 1 is 1.13 bits per heavy atom. The molecule has 6 heteroatoms. The number of anilines is 1. The summed E-state index contributed by atoms with van der Waals surface area (Å²) in [6, 6.07) is 10.1. The van der Waals surface area contributed by atoms with Gasteiger partial charge in [-0.1, -0.05) is 13.8 Å². The number of nitrogens with zero attached hydrogens (tertiary/aromatic N) is 3. The van der Waals surface area contributed by atoms with E-state index in [9.17, 15) is 4.79 Å². The molecule has 0 aliphatic carbocycles. The van der Waals surface area contributed by atoms with Crippen LogP contribution >= 0.6 is 0 Å². The lowest BCUT2D eigenvalue weighted by molar-refractivity contribution is 0.0746. The first-order chi connectivity index (χ1) is 14.6. The monoisotopic (exact) mass is 404 g/mol. The molecule has 1 fully saturated rings. The minimum absolute atomic E-state index is 0.108. The number of ether oxygens (including phenoxy) is 1. The van der Waals surface area contributed by atoms with Crippen LogP contribution in [0.4, 0.5) is 5.82 Å². The first-order valence-electron chi connectivity index (χ1n) is 10.8. The van der Waals surface area contributed by atoms with E-state index in [-0.39, 0.29) is 5.91 Å². The van der Waals surface area contributed by atoms with Gasteiger partial charge < -0.3 is 19.5 Å². The van der Waals surface area contributed by atoms with Crippen molar-refractivity contribution in [1.82, 2.24) is 14.9 Å². The summed E-state index contributed by atoms with van der Waals surface area (Å²) in [6.45, 7) is 8.87. The normalized spacial score (nSPS) is 16.9. The van der Waals surface area contributed by atoms with Gasteiger partial charge in [0.15, 0.2) is 0 Å². The number of aromatic amines is 1. The summed E-state index contributed by atoms with van der Waals surface area (Å²) >= 11 is 0. The second-order valence-corrected chi connectivity index (χ2v) is 8.52. The average Bonchev–Trinajstić information content (AvgIpc) is 3.26. The third-order valence-corrected chi connectivity index (χ3v) is 6.24. The Hall–Kier alpha value is -2.86. The standard InChI is InChI=1S/C24H28N4O2/c1-16(2)23-20-15-30-12-6-17(20)14-22(26-23)27-8-10-28(11-9-27)24(29)19-3-4-21-18(13-19)5-7-25-21/h3-5,7,13-14,16,25H,6,8-12,15H2,1-2H3. The SMILES string of the molecule is CC(C)c1nc(N2CCN(C(=O)c3ccc4[nH]ccc4c3)CC2)cc2c1COCC2. The second-order valence-electron chi connectivity index (χ2n) is 8.52. The highest BCUT2D eigenvalue weighted by Gasteiger charge is 2.25. The van der Waals surface area contributed by atoms with E-state index in [1.54, 1.807) is 0 Å². The van der Waals surface area contributed by atoms with Gasteiger partial charge in [-0.2, -0.15) is 0 Å². The number of hydrogen-bond donors (Lipinski definition) is 1. The van der Waals surface area contributed by atoms with E-state index in [2.05, 4.69) is 29.8 Å². The van der Waals surface area contributed by atoms with Gasteiger partial charge in [0.2, 0.25) is 0 Å². The Labute approximate surface area is 176 Å². The predicted molar refractivity (Wildman–Crippen MR) is 118 cm³/mol. The molecule has 2 aliphatic rings. The molecule has 0 unspecified atom stereocenters. The van der Waals surface area contributed by atoms with Gasteiger partial charge in [0.05, 0.1) is 18.9 Å². The Bertz CT molecular complexity index is 1080. The van der Waals surface area contributed by atoms with E-state index in [4.69, 9.17) is 9.72 Å². The van der Waals surface area contributed by atoms with Crippen molar-refractivity contribution in [2.45, 2.75) is 32.8 Å². The molecular weight excluding hydrogens is 376 g/mol. The summed E-state index contributed by atoms with van der Waals surface area (Å²) in [5.74, 6) is 1.52. The van der Waals surface area contributed by atoms with Crippen molar-refractivity contribution < 1.29 is 9.53 Å². The van der Waals surface area contributed by atoms with Gasteiger partial charge in [-0.25, -0.2) is 4.98 Å². The maximum Gasteiger partial charge on any atom is 0.253 e. The molecule has 156 valence electrons. The molecule has 30 heavy (non-hydrogen) atoms. The largest absolute Gasteiger partial charge is 0.376 e. The van der Waals surface area contributed by atoms with Crippen LogP contribution in [0.1, 0.15) is 46.9 Å². The van der Waals surface area contributed by atoms with Crippen LogP contribution in [0.15, 0.2) is 36.5 Å². The Morgan fingerprint density at radius 3 is 2.77 bits per heavy atom. The quantitative estimate of drug-likeness (QED) is 0.723. The number of aromatic nitrogens is 2. The molecule has 5 rings (SSSR count). The molecule has 1 amide bonds. The second kappa shape index (κ2) is 7.76. The molecule has 0 radical (unpaired) electrons. The molecule has 1 N–H and O–H groups in total. The zero-order chi connectivity index (χ0) is 20.7. The fourth-order valence-electron chi connectivity index (χ4n) is 4.52. The van der Waals surface area contributed by atoms with E-state index in [1.807, 2.05) is 35.4 Å². The summed E-state index contributed by atoms with van der Waals surface area (Å²) in [5.41, 5.74) is 5.61. The minimum atomic E-state index is 0.108. The zero-order valence-electron chi connectivity index (χ0n) is 17.6. The number of fused-ring (bicyclic) bond motifs is 2. The number of H-pyrrole nitrogens is 1. The number of carbonyl (C=O) groups is 1. The van der Waals surface area contributed by atoms with Crippen LogP contribution in [0.5, 0.6) is 0 Å². The summed E-state index contributed by atoms with van der Waals surface area (Å²) in [6.07, 6.45) is 2.85. The fraction of sp³-hybridized carbons (Fsp3) is 0.417. The van der Waals surface area contributed by atoms with Crippen LogP contribution in [0.25, 0.3) is 10.9 Å². The molecule has 0 bridgehead atoms. The van der Waals surface area contributed by atoms with E-state index < -0.39 is 0 Å². The van der Waals surface area contributed by atoms with Crippen molar-refractivity contribution in [3.8, 4) is 0 Å². The molecule has 6 nitrogen and oxygen atoms in total. The van der Waals surface area contributed by atoms with Gasteiger partial charge in [0, 0.05) is 54.4 Å². The van der Waals surface area contributed by atoms with Gasteiger partial charge in [0.25, 0.3) is 5.91 Å². The maximum absolute atomic E-state index is 13.0. The number of amides is 1. The molecule has 1 saturated heterocycles. The summed E-state index contributed by atoms with van der Waals surface area (Å²) in [7, 11) is 0. The van der Waals surface area contributed by atoms with Crippen LogP contribution in [-0.2, 0) is 17.8 Å². The summed E-state index contributed by atoms with van der Waals surface area (Å²) in [5, 5.41) is 1.07. The van der Waals surface area contributed by atoms with Crippen molar-refractivity contribution in [3.63, 3.8) is 0 Å². The number of piperazine rings is 1. The van der Waals surface area contributed by atoms with Crippen LogP contribution in [0, 0.1) is 0 Å². The Kier molecular flexibility index (Phi) is 4.95. The third-order valence-electron chi connectivity index (χ3n) is 6.24. The molecular formula is C24H28N4O2. The van der Waals surface area contributed by atoms with Gasteiger partial charge >= 0.3 is 0 Å². The maximum atomic E-state index is 13.0. The van der Waals surface area contributed by atoms with Gasteiger partial charge in [-0.05, 0) is 48.2 Å². The van der Waals surface area contributed by atoms with Crippen molar-refractivity contribution in [2.24, 2.45) is 0 Å².